The molecule has 1 aromatic heterocycles. The van der Waals surface area contributed by atoms with Crippen LogP contribution in [0, 0.1) is 11.2 Å². The van der Waals surface area contributed by atoms with Crippen molar-refractivity contribution in [2.75, 3.05) is 23.4 Å². The number of hydrazine groups is 1. The summed E-state index contributed by atoms with van der Waals surface area (Å²) in [6.07, 6.45) is 3.90. The van der Waals surface area contributed by atoms with Crippen LogP contribution in [0.2, 0.25) is 5.02 Å². The first kappa shape index (κ1) is 21.3. The fraction of sp³-hybridized carbons (Fsp3) is 0.476. The van der Waals surface area contributed by atoms with E-state index in [-0.39, 0.29) is 17.1 Å². The molecule has 0 aliphatic carbocycles. The number of piperidine rings is 1. The number of carbonyl (C=O) groups is 1. The molecule has 156 valence electrons. The number of nitrogens with zero attached hydrogens (tertiary/aromatic N) is 3. The molecule has 3 rings (SSSR count). The molecule has 2 aromatic rings. The molecule has 1 saturated heterocycles. The van der Waals surface area contributed by atoms with E-state index in [0.29, 0.717) is 23.2 Å². The van der Waals surface area contributed by atoms with E-state index < -0.39 is 0 Å². The molecule has 0 unspecified atom stereocenters. The van der Waals surface area contributed by atoms with Crippen LogP contribution in [-0.4, -0.2) is 29.2 Å². The number of rotatable bonds is 5. The van der Waals surface area contributed by atoms with Crippen molar-refractivity contribution in [3.05, 3.63) is 46.9 Å². The molecule has 0 atom stereocenters. The minimum absolute atomic E-state index is 0.113. The van der Waals surface area contributed by atoms with Gasteiger partial charge in [0.2, 0.25) is 5.91 Å². The average molecular weight is 420 g/mol. The second-order valence-electron chi connectivity index (χ2n) is 8.62. The number of nitrogens with one attached hydrogen (secondary N) is 2. The molecule has 1 fully saturated rings. The van der Waals surface area contributed by atoms with E-state index in [1.54, 1.807) is 6.20 Å². The number of carbonyl (C=O) groups excluding carboxylic acids is 1. The van der Waals surface area contributed by atoms with Gasteiger partial charge in [0.25, 0.3) is 0 Å². The highest BCUT2D eigenvalue weighted by molar-refractivity contribution is 6.35. The zero-order valence-electron chi connectivity index (χ0n) is 17.0. The number of halogens is 2. The smallest absolute Gasteiger partial charge is 0.238 e. The highest BCUT2D eigenvalue weighted by atomic mass is 35.5. The van der Waals surface area contributed by atoms with Gasteiger partial charge in [-0.1, -0.05) is 44.5 Å². The van der Waals surface area contributed by atoms with Gasteiger partial charge in [0.05, 0.1) is 11.9 Å². The predicted molar refractivity (Wildman–Crippen MR) is 113 cm³/mol. The van der Waals surface area contributed by atoms with Crippen molar-refractivity contribution in [2.24, 2.45) is 5.41 Å². The van der Waals surface area contributed by atoms with Gasteiger partial charge in [0.1, 0.15) is 10.8 Å². The maximum Gasteiger partial charge on any atom is 0.238 e. The number of anilines is 2. The fourth-order valence-corrected chi connectivity index (χ4v) is 3.76. The monoisotopic (exact) mass is 419 g/mol. The van der Waals surface area contributed by atoms with Gasteiger partial charge >= 0.3 is 0 Å². The SMILES string of the molecule is CC(C)(C)CC(=O)NNc1nncc(N2CCC(c3ccc(F)cc3)CC2)c1Cl. The van der Waals surface area contributed by atoms with Crippen LogP contribution in [0.3, 0.4) is 0 Å². The average Bonchev–Trinajstić information content (AvgIpc) is 2.67. The lowest BCUT2D eigenvalue weighted by Crippen LogP contribution is -2.34. The molecule has 29 heavy (non-hydrogen) atoms. The second kappa shape index (κ2) is 8.95. The van der Waals surface area contributed by atoms with Gasteiger partial charge in [-0.3, -0.25) is 15.6 Å². The lowest BCUT2D eigenvalue weighted by molar-refractivity contribution is -0.122. The summed E-state index contributed by atoms with van der Waals surface area (Å²) in [5.41, 5.74) is 7.25. The third-order valence-electron chi connectivity index (χ3n) is 4.96. The minimum atomic E-state index is -0.213. The van der Waals surface area contributed by atoms with Crippen molar-refractivity contribution in [1.29, 1.82) is 0 Å². The lowest BCUT2D eigenvalue weighted by atomic mass is 9.89. The van der Waals surface area contributed by atoms with E-state index in [2.05, 4.69) is 25.9 Å². The molecule has 0 saturated carbocycles. The maximum absolute atomic E-state index is 13.1. The highest BCUT2D eigenvalue weighted by Gasteiger charge is 2.24. The number of aromatic nitrogens is 2. The van der Waals surface area contributed by atoms with Crippen LogP contribution in [0.1, 0.15) is 51.5 Å². The van der Waals surface area contributed by atoms with Gasteiger partial charge in [-0.2, -0.15) is 5.10 Å². The summed E-state index contributed by atoms with van der Waals surface area (Å²) in [7, 11) is 0. The highest BCUT2D eigenvalue weighted by Crippen LogP contribution is 2.35. The van der Waals surface area contributed by atoms with Crippen molar-refractivity contribution < 1.29 is 9.18 Å². The van der Waals surface area contributed by atoms with Crippen LogP contribution < -0.4 is 15.8 Å². The summed E-state index contributed by atoms with van der Waals surface area (Å²) in [6, 6.07) is 6.74. The van der Waals surface area contributed by atoms with Gasteiger partial charge in [0, 0.05) is 19.5 Å². The summed E-state index contributed by atoms with van der Waals surface area (Å²) in [6.45, 7) is 7.60. The first-order valence-electron chi connectivity index (χ1n) is 9.79. The molecule has 8 heteroatoms. The molecule has 6 nitrogen and oxygen atoms in total. The van der Waals surface area contributed by atoms with Gasteiger partial charge in [0.15, 0.2) is 5.82 Å². The molecule has 0 spiro atoms. The lowest BCUT2D eigenvalue weighted by Gasteiger charge is -2.34. The van der Waals surface area contributed by atoms with Crippen LogP contribution in [0.4, 0.5) is 15.9 Å². The number of hydrogen-bond donors (Lipinski definition) is 2. The molecule has 1 aromatic carbocycles. The number of amides is 1. The molecule has 1 aliphatic rings. The van der Waals surface area contributed by atoms with E-state index in [1.807, 2.05) is 32.9 Å². The van der Waals surface area contributed by atoms with Crippen molar-refractivity contribution in [2.45, 2.75) is 46.0 Å². The van der Waals surface area contributed by atoms with Crippen molar-refractivity contribution in [3.63, 3.8) is 0 Å². The summed E-state index contributed by atoms with van der Waals surface area (Å²) in [4.78, 5) is 14.2. The third-order valence-corrected chi connectivity index (χ3v) is 5.33. The Bertz CT molecular complexity index is 845. The van der Waals surface area contributed by atoms with Crippen molar-refractivity contribution in [3.8, 4) is 0 Å². The Morgan fingerprint density at radius 2 is 1.90 bits per heavy atom. The molecule has 1 amide bonds. The maximum atomic E-state index is 13.1. The summed E-state index contributed by atoms with van der Waals surface area (Å²) in [5.74, 6) is 0.373. The molecule has 0 radical (unpaired) electrons. The Hall–Kier alpha value is -2.41. The number of benzene rings is 1. The number of hydrogen-bond acceptors (Lipinski definition) is 5. The van der Waals surface area contributed by atoms with Gasteiger partial charge in [-0.15, -0.1) is 5.10 Å². The molecule has 0 bridgehead atoms. The van der Waals surface area contributed by atoms with Crippen molar-refractivity contribution in [1.82, 2.24) is 15.6 Å². The van der Waals surface area contributed by atoms with E-state index >= 15 is 0 Å². The van der Waals surface area contributed by atoms with Crippen LogP contribution in [0.15, 0.2) is 30.5 Å². The van der Waals surface area contributed by atoms with Crippen LogP contribution in [-0.2, 0) is 4.79 Å². The Morgan fingerprint density at radius 1 is 1.24 bits per heavy atom. The van der Waals surface area contributed by atoms with Crippen LogP contribution >= 0.6 is 11.6 Å². The Labute approximate surface area is 175 Å². The van der Waals surface area contributed by atoms with E-state index in [1.165, 1.54) is 12.1 Å². The molecule has 1 aliphatic heterocycles. The zero-order valence-corrected chi connectivity index (χ0v) is 17.8. The minimum Gasteiger partial charge on any atom is -0.369 e. The third kappa shape index (κ3) is 5.79. The van der Waals surface area contributed by atoms with Crippen LogP contribution in [0.25, 0.3) is 0 Å². The molecular formula is C21H27ClFN5O. The largest absolute Gasteiger partial charge is 0.369 e. The normalized spacial score (nSPS) is 15.3. The first-order valence-corrected chi connectivity index (χ1v) is 10.2. The second-order valence-corrected chi connectivity index (χ2v) is 8.99. The predicted octanol–water partition coefficient (Wildman–Crippen LogP) is 4.53. The summed E-state index contributed by atoms with van der Waals surface area (Å²) < 4.78 is 13.1. The standard InChI is InChI=1S/C21H27ClFN5O/c1-21(2,3)12-18(29)25-27-20-19(22)17(13-24-26-20)28-10-8-15(9-11-28)14-4-6-16(23)7-5-14/h4-7,13,15H,8-12H2,1-3H3,(H,25,29)(H,26,27). The quantitative estimate of drug-likeness (QED) is 0.696. The Kier molecular flexibility index (Phi) is 6.57. The summed E-state index contributed by atoms with van der Waals surface area (Å²) >= 11 is 6.53. The molecule has 2 heterocycles. The van der Waals surface area contributed by atoms with E-state index in [4.69, 9.17) is 11.6 Å². The van der Waals surface area contributed by atoms with E-state index in [9.17, 15) is 9.18 Å². The van der Waals surface area contributed by atoms with Gasteiger partial charge < -0.3 is 4.90 Å². The Balaban J connectivity index is 1.61. The fourth-order valence-electron chi connectivity index (χ4n) is 3.51. The molecular weight excluding hydrogens is 393 g/mol. The Morgan fingerprint density at radius 3 is 2.52 bits per heavy atom. The van der Waals surface area contributed by atoms with E-state index in [0.717, 1.165) is 37.2 Å². The first-order chi connectivity index (χ1) is 13.7. The molecule has 2 N–H and O–H groups in total. The zero-order chi connectivity index (χ0) is 21.0. The topological polar surface area (TPSA) is 70.1 Å². The van der Waals surface area contributed by atoms with Crippen molar-refractivity contribution >= 4 is 29.0 Å². The van der Waals surface area contributed by atoms with Gasteiger partial charge in [-0.25, -0.2) is 4.39 Å². The van der Waals surface area contributed by atoms with Crippen LogP contribution in [0.5, 0.6) is 0 Å². The summed E-state index contributed by atoms with van der Waals surface area (Å²) in [5, 5.41) is 8.46. The van der Waals surface area contributed by atoms with Gasteiger partial charge in [-0.05, 0) is 41.9 Å².